The summed E-state index contributed by atoms with van der Waals surface area (Å²) in [6.45, 7) is 3.58. The molecule has 1 aromatic rings. The van der Waals surface area contributed by atoms with Crippen molar-refractivity contribution in [2.24, 2.45) is 0 Å². The van der Waals surface area contributed by atoms with Crippen molar-refractivity contribution in [3.63, 3.8) is 0 Å². The summed E-state index contributed by atoms with van der Waals surface area (Å²) in [6.07, 6.45) is 5.16. The normalized spacial score (nSPS) is 32.3. The van der Waals surface area contributed by atoms with E-state index in [0.29, 0.717) is 12.8 Å². The summed E-state index contributed by atoms with van der Waals surface area (Å²) in [7, 11) is 0. The zero-order valence-electron chi connectivity index (χ0n) is 10.6. The zero-order valence-corrected chi connectivity index (χ0v) is 10.6. The number of ketones is 1. The van der Waals surface area contributed by atoms with Gasteiger partial charge in [-0.25, -0.2) is 9.78 Å². The van der Waals surface area contributed by atoms with Crippen molar-refractivity contribution in [1.29, 1.82) is 0 Å². The molecule has 3 heteroatoms. The van der Waals surface area contributed by atoms with Crippen molar-refractivity contribution in [3.05, 3.63) is 47.5 Å². The van der Waals surface area contributed by atoms with Crippen LogP contribution in [0.3, 0.4) is 0 Å². The standard InChI is InChI=1S/C15H16O3/c1-11(16)7-8-15-10-9-14(2,17-18-15)12-5-3-4-6-13(12)15/h3-6,9-10H,7-8H2,1-2H3. The molecule has 0 saturated carbocycles. The SMILES string of the molecule is CC(=O)CCC12C=CC(C)(OO1)c1ccccc12. The van der Waals surface area contributed by atoms with Crippen molar-refractivity contribution in [3.8, 4) is 0 Å². The minimum atomic E-state index is -0.597. The number of carbonyl (C=O) groups excluding carboxylic acids is 1. The van der Waals surface area contributed by atoms with Crippen LogP contribution in [0.15, 0.2) is 36.4 Å². The van der Waals surface area contributed by atoms with Gasteiger partial charge in [0.15, 0.2) is 0 Å². The molecule has 0 N–H and O–H groups in total. The molecule has 0 fully saturated rings. The fraction of sp³-hybridized carbons (Fsp3) is 0.400. The van der Waals surface area contributed by atoms with Gasteiger partial charge in [-0.3, -0.25) is 0 Å². The van der Waals surface area contributed by atoms with E-state index in [0.717, 1.165) is 11.1 Å². The number of benzene rings is 1. The Morgan fingerprint density at radius 1 is 1.17 bits per heavy atom. The van der Waals surface area contributed by atoms with E-state index in [2.05, 4.69) is 12.1 Å². The Hall–Kier alpha value is -1.45. The van der Waals surface area contributed by atoms with Gasteiger partial charge in [-0.05, 0) is 43.5 Å². The molecule has 3 aliphatic rings. The summed E-state index contributed by atoms with van der Waals surface area (Å²) < 4.78 is 0. The number of carbonyl (C=O) groups is 1. The second-order valence-electron chi connectivity index (χ2n) is 5.24. The van der Waals surface area contributed by atoms with Gasteiger partial charge in [0.25, 0.3) is 0 Å². The van der Waals surface area contributed by atoms with E-state index in [9.17, 15) is 4.79 Å². The molecular weight excluding hydrogens is 228 g/mol. The first-order chi connectivity index (χ1) is 8.56. The fourth-order valence-electron chi connectivity index (χ4n) is 2.69. The van der Waals surface area contributed by atoms with Crippen molar-refractivity contribution < 1.29 is 14.6 Å². The van der Waals surface area contributed by atoms with Gasteiger partial charge in [-0.15, -0.1) is 0 Å². The van der Waals surface area contributed by atoms with Crippen LogP contribution in [0.25, 0.3) is 0 Å². The second kappa shape index (κ2) is 3.77. The third-order valence-corrected chi connectivity index (χ3v) is 3.80. The molecule has 18 heavy (non-hydrogen) atoms. The van der Waals surface area contributed by atoms with Crippen LogP contribution in [0, 0.1) is 0 Å². The van der Waals surface area contributed by atoms with E-state index < -0.39 is 11.2 Å². The van der Waals surface area contributed by atoms with Crippen LogP contribution in [0.2, 0.25) is 0 Å². The molecule has 2 aliphatic heterocycles. The molecule has 0 radical (unpaired) electrons. The number of hydrogen-bond donors (Lipinski definition) is 0. The van der Waals surface area contributed by atoms with E-state index in [-0.39, 0.29) is 5.78 Å². The van der Waals surface area contributed by atoms with E-state index in [4.69, 9.17) is 9.78 Å². The average molecular weight is 244 g/mol. The summed E-state index contributed by atoms with van der Waals surface area (Å²) in [5.74, 6) is 0.165. The van der Waals surface area contributed by atoms with Crippen LogP contribution in [0.5, 0.6) is 0 Å². The zero-order chi connectivity index (χ0) is 12.8. The van der Waals surface area contributed by atoms with Gasteiger partial charge < -0.3 is 4.79 Å². The van der Waals surface area contributed by atoms with Crippen LogP contribution in [-0.2, 0) is 25.8 Å². The molecule has 3 nitrogen and oxygen atoms in total. The molecule has 2 atom stereocenters. The highest BCUT2D eigenvalue weighted by Crippen LogP contribution is 2.50. The molecule has 1 aliphatic carbocycles. The molecule has 94 valence electrons. The Balaban J connectivity index is 2.06. The van der Waals surface area contributed by atoms with Gasteiger partial charge in [0.1, 0.15) is 17.0 Å². The van der Waals surface area contributed by atoms with E-state index in [1.165, 1.54) is 0 Å². The number of Topliss-reactive ketones (excluding diaryl/α,β-unsaturated/α-hetero) is 1. The van der Waals surface area contributed by atoms with E-state index in [1.54, 1.807) is 6.92 Å². The summed E-state index contributed by atoms with van der Waals surface area (Å²) in [6, 6.07) is 8.11. The van der Waals surface area contributed by atoms with E-state index in [1.807, 2.05) is 31.2 Å². The lowest BCUT2D eigenvalue weighted by Gasteiger charge is -2.46. The Labute approximate surface area is 106 Å². The Morgan fingerprint density at radius 2 is 1.89 bits per heavy atom. The third-order valence-electron chi connectivity index (χ3n) is 3.80. The molecule has 0 saturated heterocycles. The number of hydrogen-bond acceptors (Lipinski definition) is 3. The lowest BCUT2D eigenvalue weighted by Crippen LogP contribution is -2.45. The summed E-state index contributed by atoms with van der Waals surface area (Å²) >= 11 is 0. The minimum Gasteiger partial charge on any atom is -0.300 e. The molecular formula is C15H16O3. The largest absolute Gasteiger partial charge is 0.300 e. The predicted molar refractivity (Wildman–Crippen MR) is 66.7 cm³/mol. The molecule has 2 unspecified atom stereocenters. The van der Waals surface area contributed by atoms with Gasteiger partial charge in [-0.2, -0.15) is 0 Å². The maximum Gasteiger partial charge on any atom is 0.148 e. The minimum absolute atomic E-state index is 0.165. The topological polar surface area (TPSA) is 35.5 Å². The van der Waals surface area contributed by atoms with Crippen molar-refractivity contribution in [1.82, 2.24) is 0 Å². The summed E-state index contributed by atoms with van der Waals surface area (Å²) in [5.41, 5.74) is 1.14. The molecule has 0 spiro atoms. The first kappa shape index (κ1) is 11.6. The smallest absolute Gasteiger partial charge is 0.148 e. The lowest BCUT2D eigenvalue weighted by molar-refractivity contribution is -0.420. The number of rotatable bonds is 3. The van der Waals surface area contributed by atoms with Crippen LogP contribution >= 0.6 is 0 Å². The average Bonchev–Trinajstić information content (AvgIpc) is 2.39. The maximum absolute atomic E-state index is 11.2. The highest BCUT2D eigenvalue weighted by atomic mass is 17.2. The summed E-state index contributed by atoms with van der Waals surface area (Å²) in [5, 5.41) is 0. The third kappa shape index (κ3) is 1.55. The van der Waals surface area contributed by atoms with Crippen LogP contribution in [0.1, 0.15) is 37.8 Å². The Morgan fingerprint density at radius 3 is 2.50 bits per heavy atom. The van der Waals surface area contributed by atoms with Gasteiger partial charge in [-0.1, -0.05) is 24.3 Å². The molecule has 2 heterocycles. The highest BCUT2D eigenvalue weighted by Gasteiger charge is 2.49. The van der Waals surface area contributed by atoms with E-state index >= 15 is 0 Å². The molecule has 4 rings (SSSR count). The Kier molecular flexibility index (Phi) is 2.44. The van der Waals surface area contributed by atoms with Gasteiger partial charge in [0, 0.05) is 6.42 Å². The van der Waals surface area contributed by atoms with Crippen LogP contribution < -0.4 is 0 Å². The van der Waals surface area contributed by atoms with Gasteiger partial charge in [0.2, 0.25) is 0 Å². The fourth-order valence-corrected chi connectivity index (χ4v) is 2.69. The van der Waals surface area contributed by atoms with Crippen LogP contribution in [0.4, 0.5) is 0 Å². The first-order valence-corrected chi connectivity index (χ1v) is 6.22. The molecule has 0 amide bonds. The van der Waals surface area contributed by atoms with Crippen molar-refractivity contribution >= 4 is 5.78 Å². The second-order valence-corrected chi connectivity index (χ2v) is 5.24. The summed E-state index contributed by atoms with van der Waals surface area (Å²) in [4.78, 5) is 22.3. The van der Waals surface area contributed by atoms with Crippen LogP contribution in [-0.4, -0.2) is 5.78 Å². The van der Waals surface area contributed by atoms with Crippen molar-refractivity contribution in [2.45, 2.75) is 37.9 Å². The quantitative estimate of drug-likeness (QED) is 0.605. The van der Waals surface area contributed by atoms with Gasteiger partial charge >= 0.3 is 0 Å². The molecule has 2 bridgehead atoms. The first-order valence-electron chi connectivity index (χ1n) is 6.22. The molecule has 1 aromatic carbocycles. The predicted octanol–water partition coefficient (Wildman–Crippen LogP) is 3.00. The molecule has 0 aromatic heterocycles. The monoisotopic (exact) mass is 244 g/mol. The van der Waals surface area contributed by atoms with Gasteiger partial charge in [0.05, 0.1) is 0 Å². The lowest BCUT2D eigenvalue weighted by atomic mass is 9.74. The Bertz CT molecular complexity index is 534. The maximum atomic E-state index is 11.2. The van der Waals surface area contributed by atoms with Crippen molar-refractivity contribution in [2.75, 3.05) is 0 Å². The highest BCUT2D eigenvalue weighted by molar-refractivity contribution is 5.75. The number of fused-ring (bicyclic) bond motifs is 1.